The molecule has 9 nitrogen and oxygen atoms in total. The molecule has 124 valence electrons. The number of nitrogens with one attached hydrogen (secondary N) is 2. The van der Waals surface area contributed by atoms with Crippen LogP contribution in [-0.2, 0) is 11.3 Å². The summed E-state index contributed by atoms with van der Waals surface area (Å²) in [5.74, 6) is 1.21. The molecule has 0 spiro atoms. The standard InChI is InChI=1S/C15H18N8O/c1-12-5-10-23(21-12)14-4-3-13(19-20-14)16-7-8-17-15(24)11-22-9-2-6-18-22/h2-6,9-10H,7-8,11H2,1H3,(H,16,19)(H,17,24). The van der Waals surface area contributed by atoms with Gasteiger partial charge in [-0.2, -0.15) is 10.2 Å². The van der Waals surface area contributed by atoms with Gasteiger partial charge in [-0.1, -0.05) is 0 Å². The lowest BCUT2D eigenvalue weighted by molar-refractivity contribution is -0.121. The second kappa shape index (κ2) is 7.36. The molecule has 2 N–H and O–H groups in total. The maximum absolute atomic E-state index is 11.7. The lowest BCUT2D eigenvalue weighted by Crippen LogP contribution is -2.31. The fourth-order valence-corrected chi connectivity index (χ4v) is 2.07. The Bertz CT molecular complexity index is 778. The summed E-state index contributed by atoms with van der Waals surface area (Å²) in [6.07, 6.45) is 5.22. The molecule has 0 aromatic carbocycles. The molecular formula is C15H18N8O. The average molecular weight is 326 g/mol. The minimum Gasteiger partial charge on any atom is -0.367 e. The Morgan fingerprint density at radius 3 is 2.75 bits per heavy atom. The minimum atomic E-state index is -0.0871. The van der Waals surface area contributed by atoms with Crippen molar-refractivity contribution in [1.82, 2.24) is 35.1 Å². The van der Waals surface area contributed by atoms with Crippen LogP contribution >= 0.6 is 0 Å². The van der Waals surface area contributed by atoms with Gasteiger partial charge in [-0.25, -0.2) is 4.68 Å². The topological polar surface area (TPSA) is 103 Å². The second-order valence-electron chi connectivity index (χ2n) is 5.16. The van der Waals surface area contributed by atoms with Gasteiger partial charge in [-0.3, -0.25) is 9.48 Å². The van der Waals surface area contributed by atoms with Crippen molar-refractivity contribution < 1.29 is 4.79 Å². The molecule has 0 aliphatic rings. The number of aryl methyl sites for hydroxylation is 1. The Labute approximate surface area is 138 Å². The highest BCUT2D eigenvalue weighted by Crippen LogP contribution is 2.06. The van der Waals surface area contributed by atoms with Gasteiger partial charge in [0, 0.05) is 31.7 Å². The maximum Gasteiger partial charge on any atom is 0.241 e. The van der Waals surface area contributed by atoms with Gasteiger partial charge >= 0.3 is 0 Å². The molecule has 3 aromatic heterocycles. The summed E-state index contributed by atoms with van der Waals surface area (Å²) >= 11 is 0. The number of rotatable bonds is 7. The van der Waals surface area contributed by atoms with E-state index < -0.39 is 0 Å². The van der Waals surface area contributed by atoms with Crippen molar-refractivity contribution >= 4 is 11.7 Å². The van der Waals surface area contributed by atoms with Crippen LogP contribution < -0.4 is 10.6 Å². The van der Waals surface area contributed by atoms with E-state index in [-0.39, 0.29) is 12.5 Å². The third-order valence-electron chi connectivity index (χ3n) is 3.23. The summed E-state index contributed by atoms with van der Waals surface area (Å²) in [4.78, 5) is 11.7. The van der Waals surface area contributed by atoms with Crippen LogP contribution in [0.1, 0.15) is 5.69 Å². The number of amides is 1. The molecule has 24 heavy (non-hydrogen) atoms. The quantitative estimate of drug-likeness (QED) is 0.609. The van der Waals surface area contributed by atoms with Crippen LogP contribution in [0.3, 0.4) is 0 Å². The third-order valence-corrected chi connectivity index (χ3v) is 3.23. The minimum absolute atomic E-state index is 0.0871. The lowest BCUT2D eigenvalue weighted by Gasteiger charge is -2.07. The smallest absolute Gasteiger partial charge is 0.241 e. The van der Waals surface area contributed by atoms with E-state index in [4.69, 9.17) is 0 Å². The summed E-state index contributed by atoms with van der Waals surface area (Å²) in [6, 6.07) is 7.34. The average Bonchev–Trinajstić information content (AvgIpc) is 3.24. The number of hydrogen-bond acceptors (Lipinski definition) is 6. The zero-order valence-corrected chi connectivity index (χ0v) is 13.3. The number of hydrogen-bond donors (Lipinski definition) is 2. The van der Waals surface area contributed by atoms with Crippen molar-refractivity contribution in [2.45, 2.75) is 13.5 Å². The first kappa shape index (κ1) is 15.7. The first-order valence-corrected chi connectivity index (χ1v) is 7.55. The van der Waals surface area contributed by atoms with Gasteiger partial charge in [0.1, 0.15) is 12.4 Å². The van der Waals surface area contributed by atoms with Crippen LogP contribution in [-0.4, -0.2) is 48.8 Å². The van der Waals surface area contributed by atoms with Gasteiger partial charge in [0.2, 0.25) is 5.91 Å². The molecule has 0 aliphatic heterocycles. The Hall–Kier alpha value is -3.23. The fourth-order valence-electron chi connectivity index (χ4n) is 2.07. The summed E-state index contributed by atoms with van der Waals surface area (Å²) in [5, 5.41) is 22.4. The van der Waals surface area contributed by atoms with Crippen LogP contribution in [0.5, 0.6) is 0 Å². The number of carbonyl (C=O) groups excluding carboxylic acids is 1. The van der Waals surface area contributed by atoms with Gasteiger partial charge in [0.25, 0.3) is 0 Å². The number of anilines is 1. The molecule has 3 rings (SSSR count). The second-order valence-corrected chi connectivity index (χ2v) is 5.16. The van der Waals surface area contributed by atoms with Crippen molar-refractivity contribution in [3.05, 3.63) is 48.5 Å². The van der Waals surface area contributed by atoms with Crippen molar-refractivity contribution in [2.24, 2.45) is 0 Å². The molecule has 0 radical (unpaired) electrons. The van der Waals surface area contributed by atoms with Crippen molar-refractivity contribution in [3.63, 3.8) is 0 Å². The first-order chi connectivity index (χ1) is 11.7. The van der Waals surface area contributed by atoms with Crippen LogP contribution in [0, 0.1) is 6.92 Å². The van der Waals surface area contributed by atoms with Gasteiger partial charge in [-0.05, 0) is 31.2 Å². The van der Waals surface area contributed by atoms with E-state index in [0.717, 1.165) is 5.69 Å². The Morgan fingerprint density at radius 2 is 2.08 bits per heavy atom. The molecule has 3 heterocycles. The normalized spacial score (nSPS) is 10.5. The summed E-state index contributed by atoms with van der Waals surface area (Å²) in [5.41, 5.74) is 0.921. The fraction of sp³-hybridized carbons (Fsp3) is 0.267. The molecule has 0 fully saturated rings. The molecule has 0 unspecified atom stereocenters. The highest BCUT2D eigenvalue weighted by atomic mass is 16.2. The Balaban J connectivity index is 1.41. The highest BCUT2D eigenvalue weighted by Gasteiger charge is 2.03. The third kappa shape index (κ3) is 4.15. The lowest BCUT2D eigenvalue weighted by atomic mass is 10.4. The molecule has 0 bridgehead atoms. The molecular weight excluding hydrogens is 308 g/mol. The van der Waals surface area contributed by atoms with E-state index >= 15 is 0 Å². The largest absolute Gasteiger partial charge is 0.367 e. The van der Waals surface area contributed by atoms with E-state index in [9.17, 15) is 4.79 Å². The Kier molecular flexibility index (Phi) is 4.80. The molecule has 0 saturated heterocycles. The van der Waals surface area contributed by atoms with Crippen LogP contribution in [0.25, 0.3) is 5.82 Å². The summed E-state index contributed by atoms with van der Waals surface area (Å²) in [7, 11) is 0. The molecule has 1 amide bonds. The van der Waals surface area contributed by atoms with Crippen molar-refractivity contribution in [2.75, 3.05) is 18.4 Å². The van der Waals surface area contributed by atoms with Gasteiger partial charge in [-0.15, -0.1) is 10.2 Å². The van der Waals surface area contributed by atoms with Gasteiger partial charge < -0.3 is 10.6 Å². The zero-order chi connectivity index (χ0) is 16.8. The number of carbonyl (C=O) groups is 1. The van der Waals surface area contributed by atoms with Crippen molar-refractivity contribution in [1.29, 1.82) is 0 Å². The monoisotopic (exact) mass is 326 g/mol. The van der Waals surface area contributed by atoms with E-state index in [1.165, 1.54) is 0 Å². The van der Waals surface area contributed by atoms with E-state index in [1.54, 1.807) is 27.8 Å². The zero-order valence-electron chi connectivity index (χ0n) is 13.3. The molecule has 9 heteroatoms. The van der Waals surface area contributed by atoms with Gasteiger partial charge in [0.15, 0.2) is 5.82 Å². The summed E-state index contributed by atoms with van der Waals surface area (Å²) < 4.78 is 3.24. The number of aromatic nitrogens is 6. The van der Waals surface area contributed by atoms with E-state index in [2.05, 4.69) is 31.0 Å². The molecule has 0 atom stereocenters. The molecule has 3 aromatic rings. The van der Waals surface area contributed by atoms with E-state index in [0.29, 0.717) is 24.7 Å². The van der Waals surface area contributed by atoms with Gasteiger partial charge in [0.05, 0.1) is 5.69 Å². The number of nitrogens with zero attached hydrogens (tertiary/aromatic N) is 6. The Morgan fingerprint density at radius 1 is 1.17 bits per heavy atom. The SMILES string of the molecule is Cc1ccn(-c2ccc(NCCNC(=O)Cn3cccn3)nn2)n1. The highest BCUT2D eigenvalue weighted by molar-refractivity contribution is 5.75. The van der Waals surface area contributed by atoms with Crippen LogP contribution in [0.15, 0.2) is 42.9 Å². The predicted molar refractivity (Wildman–Crippen MR) is 87.6 cm³/mol. The van der Waals surface area contributed by atoms with Crippen molar-refractivity contribution in [3.8, 4) is 5.82 Å². The first-order valence-electron chi connectivity index (χ1n) is 7.55. The maximum atomic E-state index is 11.7. The molecule has 0 saturated carbocycles. The van der Waals surface area contributed by atoms with E-state index in [1.807, 2.05) is 31.3 Å². The molecule has 0 aliphatic carbocycles. The van der Waals surface area contributed by atoms with Crippen LogP contribution in [0.2, 0.25) is 0 Å². The van der Waals surface area contributed by atoms with Crippen LogP contribution in [0.4, 0.5) is 5.82 Å². The summed E-state index contributed by atoms with van der Waals surface area (Å²) in [6.45, 7) is 3.17. The predicted octanol–water partition coefficient (Wildman–Crippen LogP) is 0.396.